The lowest BCUT2D eigenvalue weighted by Gasteiger charge is -2.41. The Labute approximate surface area is 565 Å². The van der Waals surface area contributed by atoms with Crippen LogP contribution in [-0.2, 0) is 65.5 Å². The summed E-state index contributed by atoms with van der Waals surface area (Å²) in [5, 5.41) is 20.0. The molecule has 0 spiro atoms. The van der Waals surface area contributed by atoms with Gasteiger partial charge in [0.1, 0.15) is 23.1 Å². The van der Waals surface area contributed by atoms with Gasteiger partial charge < -0.3 is 56.9 Å². The molecule has 11 amide bonds. The van der Waals surface area contributed by atoms with Crippen molar-refractivity contribution in [1.29, 1.82) is 0 Å². The molecule has 2 aromatic carbocycles. The van der Waals surface area contributed by atoms with Gasteiger partial charge in [-0.2, -0.15) is 0 Å². The van der Waals surface area contributed by atoms with Crippen LogP contribution in [0.4, 0.5) is 10.5 Å². The monoisotopic (exact) mass is 1340 g/mol. The summed E-state index contributed by atoms with van der Waals surface area (Å²) in [6.07, 6.45) is 8.07. The first-order chi connectivity index (χ1) is 45.2. The first-order valence-electron chi connectivity index (χ1n) is 33.6. The number of anilines is 1. The second-order valence-electron chi connectivity index (χ2n) is 26.3. The molecule has 3 aromatic rings. The number of benzene rings is 2. The van der Waals surface area contributed by atoms with Crippen molar-refractivity contribution < 1.29 is 57.4 Å². The largest absolute Gasteiger partial charge is 0.379 e. The van der Waals surface area contributed by atoms with Crippen molar-refractivity contribution in [2.45, 2.75) is 194 Å². The molecular weight excluding hydrogens is 1230 g/mol. The Balaban J connectivity index is 1.18. The smallest absolute Gasteiger partial charge is 0.312 e. The molecule has 1 saturated heterocycles. The van der Waals surface area contributed by atoms with Gasteiger partial charge in [-0.05, 0) is 105 Å². The van der Waals surface area contributed by atoms with Crippen LogP contribution >= 0.6 is 11.3 Å². The van der Waals surface area contributed by atoms with Gasteiger partial charge >= 0.3 is 6.03 Å². The molecular formula is C70H106N12O12S. The summed E-state index contributed by atoms with van der Waals surface area (Å²) in [5.74, 6) is -4.69. The van der Waals surface area contributed by atoms with Gasteiger partial charge in [0.2, 0.25) is 41.4 Å². The normalized spacial score (nSPS) is 17.2. The van der Waals surface area contributed by atoms with Crippen LogP contribution in [0.1, 0.15) is 149 Å². The topological polar surface area (TPSA) is 313 Å². The second-order valence-corrected chi connectivity index (χ2v) is 27.2. The van der Waals surface area contributed by atoms with Crippen LogP contribution in [0.5, 0.6) is 0 Å². The molecule has 2 unspecified atom stereocenters. The number of nitrogens with zero attached hydrogens (tertiary/aromatic N) is 5. The van der Waals surface area contributed by atoms with Crippen molar-refractivity contribution in [2.24, 2.45) is 35.3 Å². The minimum absolute atomic E-state index is 0.0295. The zero-order chi connectivity index (χ0) is 70.1. The van der Waals surface area contributed by atoms with Crippen molar-refractivity contribution in [1.82, 2.24) is 51.2 Å². The van der Waals surface area contributed by atoms with Crippen molar-refractivity contribution in [3.8, 4) is 0 Å². The SMILES string of the molecule is CC[C@H](C)C([C@@H](CC(=O)N1CCC[C@H]1[C@H](OC)[C@@H](C)C(=O)N[C@@H](Cc1ccccc1)c1nccs1)OC)N(C)C(=O)[C@@H](NC(=O)C(C(C)C)N(C)CCc1ccc(NC(=O)[C@H](CCCNC(N)=O)NC(=O)[C@@H](NC(=O)CCCCCN2C(=O)C=CC2=O)C(C)C)cc1)C(C)C. The molecule has 0 saturated carbocycles. The molecule has 3 heterocycles. The highest BCUT2D eigenvalue weighted by molar-refractivity contribution is 7.09. The lowest BCUT2D eigenvalue weighted by atomic mass is 9.89. The number of amides is 11. The Kier molecular flexibility index (Phi) is 31.9. The number of unbranched alkanes of at least 4 members (excludes halogenated alkanes) is 2. The highest BCUT2D eigenvalue weighted by Gasteiger charge is 2.44. The average Bonchev–Trinajstić information content (AvgIpc) is 1.81. The lowest BCUT2D eigenvalue weighted by Crippen LogP contribution is -2.60. The van der Waals surface area contributed by atoms with E-state index in [1.807, 2.05) is 113 Å². The zero-order valence-corrected chi connectivity index (χ0v) is 58.8. The Bertz CT molecular complexity index is 3000. The molecule has 2 aliphatic rings. The van der Waals surface area contributed by atoms with Crippen molar-refractivity contribution >= 4 is 76.2 Å². The Morgan fingerprint density at radius 2 is 1.42 bits per heavy atom. The van der Waals surface area contributed by atoms with E-state index in [0.29, 0.717) is 70.1 Å². The van der Waals surface area contributed by atoms with Crippen molar-refractivity contribution in [3.05, 3.63) is 94.5 Å². The number of rotatable bonds is 40. The number of hydrogen-bond acceptors (Lipinski definition) is 15. The standard InChI is InChI=1S/C70H106N12O12S/c1-14-46(8)62(54(93-12)42-58(86)81-38-22-26-53(81)63(94-13)47(9)64(87)76-52(68-72-36-40-95-68)41-49-23-17-15-18-24-49)80(11)69(91)60(44(4)5)78-67(90)61(45(6)7)79(10)39-34-48-28-30-50(31-29-48)74-65(88)51(25-21-35-73-70(71)92)75-66(89)59(43(2)3)77-55(83)27-19-16-20-37-82-56(84)32-33-57(82)85/h15,17-18,23-24,28-33,36,40,43-47,51-54,59-63H,14,16,19-22,25-27,34-35,37-39,41-42H2,1-13H3,(H,74,88)(H,75,89)(H,76,87)(H,77,83)(H,78,90)(H3,71,73,92)/t46-,47+,51-,52-,53-,54+,59-,60-,61?,62?,63+/m0/s1. The average molecular weight is 1340 g/mol. The van der Waals surface area contributed by atoms with E-state index < -0.39 is 66.2 Å². The van der Waals surface area contributed by atoms with E-state index in [2.05, 4.69) is 36.9 Å². The summed E-state index contributed by atoms with van der Waals surface area (Å²) in [6.45, 7) is 18.5. The molecule has 2 aliphatic heterocycles. The van der Waals surface area contributed by atoms with Gasteiger partial charge in [-0.25, -0.2) is 9.78 Å². The molecule has 0 radical (unpaired) electrons. The fraction of sp³-hybridized carbons (Fsp3) is 0.614. The van der Waals surface area contributed by atoms with Crippen LogP contribution in [0, 0.1) is 29.6 Å². The minimum Gasteiger partial charge on any atom is -0.379 e. The number of imide groups is 1. The number of primary amides is 1. The van der Waals surface area contributed by atoms with Crippen LogP contribution in [0.25, 0.3) is 0 Å². The number of ether oxygens (including phenoxy) is 2. The quantitative estimate of drug-likeness (QED) is 0.0243. The number of aromatic nitrogens is 1. The number of methoxy groups -OCH3 is 2. The third kappa shape index (κ3) is 23.3. The fourth-order valence-corrected chi connectivity index (χ4v) is 13.4. The third-order valence-corrected chi connectivity index (χ3v) is 19.1. The molecule has 11 atom stereocenters. The lowest BCUT2D eigenvalue weighted by molar-refractivity contribution is -0.148. The predicted octanol–water partition coefficient (Wildman–Crippen LogP) is 6.30. The molecule has 1 fully saturated rings. The van der Waals surface area contributed by atoms with E-state index in [-0.39, 0.29) is 109 Å². The molecule has 24 nitrogen and oxygen atoms in total. The van der Waals surface area contributed by atoms with Gasteiger partial charge in [-0.1, -0.05) is 118 Å². The number of likely N-dealkylation sites (N-methyl/N-ethyl adjacent to an activating group) is 2. The van der Waals surface area contributed by atoms with Crippen LogP contribution in [0.3, 0.4) is 0 Å². The molecule has 0 aliphatic carbocycles. The maximum atomic E-state index is 14.9. The number of urea groups is 1. The van der Waals surface area contributed by atoms with Gasteiger partial charge in [0.25, 0.3) is 11.8 Å². The highest BCUT2D eigenvalue weighted by atomic mass is 32.1. The van der Waals surface area contributed by atoms with Crippen LogP contribution < -0.4 is 37.6 Å². The zero-order valence-electron chi connectivity index (χ0n) is 58.0. The predicted molar refractivity (Wildman–Crippen MR) is 366 cm³/mol. The summed E-state index contributed by atoms with van der Waals surface area (Å²) in [7, 11) is 6.71. The van der Waals surface area contributed by atoms with Crippen molar-refractivity contribution in [2.75, 3.05) is 59.8 Å². The number of carbonyl (C=O) groups excluding carboxylic acids is 10. The van der Waals surface area contributed by atoms with Gasteiger partial charge in [0.15, 0.2) is 0 Å². The number of thiazole rings is 1. The van der Waals surface area contributed by atoms with E-state index in [1.54, 1.807) is 58.3 Å². The molecule has 8 N–H and O–H groups in total. The van der Waals surface area contributed by atoms with Gasteiger partial charge in [0, 0.05) is 83.3 Å². The van der Waals surface area contributed by atoms with Crippen LogP contribution in [0.15, 0.2) is 78.3 Å². The maximum Gasteiger partial charge on any atom is 0.312 e. The van der Waals surface area contributed by atoms with Gasteiger partial charge in [0.05, 0.1) is 48.7 Å². The Morgan fingerprint density at radius 1 is 0.747 bits per heavy atom. The highest BCUT2D eigenvalue weighted by Crippen LogP contribution is 2.31. The summed E-state index contributed by atoms with van der Waals surface area (Å²) in [6, 6.07) is 11.6. The fourth-order valence-electron chi connectivity index (χ4n) is 12.7. The molecule has 5 rings (SSSR count). The third-order valence-electron chi connectivity index (χ3n) is 18.2. The molecule has 95 heavy (non-hydrogen) atoms. The summed E-state index contributed by atoms with van der Waals surface area (Å²) >= 11 is 1.48. The summed E-state index contributed by atoms with van der Waals surface area (Å²) < 4.78 is 12.3. The molecule has 0 bridgehead atoms. The minimum atomic E-state index is -1.05. The second kappa shape index (κ2) is 38.8. The van der Waals surface area contributed by atoms with E-state index in [1.165, 1.54) is 23.5 Å². The first-order valence-corrected chi connectivity index (χ1v) is 34.5. The Morgan fingerprint density at radius 3 is 2.01 bits per heavy atom. The number of likely N-dealkylation sites (tertiary alicyclic amines) is 1. The van der Waals surface area contributed by atoms with Gasteiger partial charge in [-0.3, -0.25) is 53.0 Å². The Hall–Kier alpha value is -7.61. The summed E-state index contributed by atoms with van der Waals surface area (Å²) in [5.41, 5.74) is 7.70. The van der Waals surface area contributed by atoms with E-state index in [0.717, 1.165) is 27.5 Å². The van der Waals surface area contributed by atoms with Crippen LogP contribution in [-0.4, -0.2) is 187 Å². The number of carbonyl (C=O) groups is 10. The number of nitrogens with one attached hydrogen (secondary N) is 6. The van der Waals surface area contributed by atoms with E-state index in [9.17, 15) is 47.9 Å². The van der Waals surface area contributed by atoms with E-state index >= 15 is 0 Å². The van der Waals surface area contributed by atoms with Gasteiger partial charge in [-0.15, -0.1) is 11.3 Å². The number of hydrogen-bond donors (Lipinski definition) is 7. The first kappa shape index (κ1) is 78.1. The van der Waals surface area contributed by atoms with E-state index in [4.69, 9.17) is 15.2 Å². The maximum absolute atomic E-state index is 14.9. The molecule has 25 heteroatoms. The number of nitrogens with two attached hydrogens (primary N) is 1. The van der Waals surface area contributed by atoms with Crippen molar-refractivity contribution in [3.63, 3.8) is 0 Å². The molecule has 524 valence electrons. The van der Waals surface area contributed by atoms with Crippen LogP contribution in [0.2, 0.25) is 0 Å². The summed E-state index contributed by atoms with van der Waals surface area (Å²) in [4.78, 5) is 145. The molecule has 1 aromatic heterocycles.